The molecule has 0 heterocycles. The molecule has 4 nitrogen and oxygen atoms in total. The molecule has 128 valence electrons. The Morgan fingerprint density at radius 2 is 1.88 bits per heavy atom. The van der Waals surface area contributed by atoms with Gasteiger partial charge in [-0.3, -0.25) is 4.79 Å². The Kier molecular flexibility index (Phi) is 6.94. The summed E-state index contributed by atoms with van der Waals surface area (Å²) < 4.78 is 5.62. The largest absolute Gasteiger partial charge is 0.494 e. The fourth-order valence-electron chi connectivity index (χ4n) is 2.34. The highest BCUT2D eigenvalue weighted by Gasteiger charge is 2.09. The molecule has 5 heteroatoms. The molecule has 0 saturated heterocycles. The fraction of sp³-hybridized carbons (Fsp3) is 0.316. The molecule has 0 aromatic heterocycles. The molecule has 0 bridgehead atoms. The van der Waals surface area contributed by atoms with Crippen LogP contribution >= 0.6 is 11.6 Å². The zero-order valence-electron chi connectivity index (χ0n) is 13.9. The standard InChI is InChI=1S/C19H23ClN2O2/c1-22(13-4-14-24-17-10-8-16(20)9-11-17)19(23)12-7-15-5-2-3-6-18(15)21/h2-3,5-6,8-11H,4,7,12-14,21H2,1H3. The first-order valence-corrected chi connectivity index (χ1v) is 8.40. The third-order valence-electron chi connectivity index (χ3n) is 3.81. The lowest BCUT2D eigenvalue weighted by atomic mass is 10.1. The molecule has 0 aliphatic heterocycles. The number of ether oxygens (including phenoxy) is 1. The van der Waals surface area contributed by atoms with Gasteiger partial charge in [0, 0.05) is 30.7 Å². The van der Waals surface area contributed by atoms with Gasteiger partial charge in [-0.2, -0.15) is 0 Å². The van der Waals surface area contributed by atoms with Crippen LogP contribution in [0.5, 0.6) is 5.75 Å². The van der Waals surface area contributed by atoms with Crippen molar-refractivity contribution < 1.29 is 9.53 Å². The zero-order valence-corrected chi connectivity index (χ0v) is 14.6. The normalized spacial score (nSPS) is 10.4. The summed E-state index contributed by atoms with van der Waals surface area (Å²) in [6.45, 7) is 1.22. The minimum absolute atomic E-state index is 0.116. The molecule has 0 saturated carbocycles. The molecule has 1 amide bonds. The quantitative estimate of drug-likeness (QED) is 0.584. The van der Waals surface area contributed by atoms with Gasteiger partial charge >= 0.3 is 0 Å². The Hall–Kier alpha value is -2.20. The molecule has 0 unspecified atom stereocenters. The van der Waals surface area contributed by atoms with Crippen LogP contribution in [0.1, 0.15) is 18.4 Å². The number of para-hydroxylation sites is 1. The van der Waals surface area contributed by atoms with Crippen molar-refractivity contribution in [3.63, 3.8) is 0 Å². The first-order valence-electron chi connectivity index (χ1n) is 8.02. The molecule has 2 aromatic rings. The van der Waals surface area contributed by atoms with E-state index in [2.05, 4.69) is 0 Å². The van der Waals surface area contributed by atoms with E-state index in [1.54, 1.807) is 17.0 Å². The van der Waals surface area contributed by atoms with Crippen molar-refractivity contribution in [2.45, 2.75) is 19.3 Å². The van der Waals surface area contributed by atoms with Crippen LogP contribution in [0, 0.1) is 0 Å². The van der Waals surface area contributed by atoms with Crippen LogP contribution in [0.3, 0.4) is 0 Å². The van der Waals surface area contributed by atoms with Crippen molar-refractivity contribution in [2.75, 3.05) is 25.9 Å². The van der Waals surface area contributed by atoms with E-state index in [1.807, 2.05) is 43.4 Å². The summed E-state index contributed by atoms with van der Waals surface area (Å²) in [5.41, 5.74) is 7.65. The Labute approximate surface area is 148 Å². The predicted molar refractivity (Wildman–Crippen MR) is 98.4 cm³/mol. The third kappa shape index (κ3) is 5.78. The molecule has 2 rings (SSSR count). The van der Waals surface area contributed by atoms with E-state index in [0.717, 1.165) is 23.4 Å². The highest BCUT2D eigenvalue weighted by atomic mass is 35.5. The van der Waals surface area contributed by atoms with Gasteiger partial charge < -0.3 is 15.4 Å². The number of hydrogen-bond donors (Lipinski definition) is 1. The molecule has 24 heavy (non-hydrogen) atoms. The van der Waals surface area contributed by atoms with Crippen molar-refractivity contribution in [3.05, 3.63) is 59.1 Å². The Balaban J connectivity index is 1.66. The average Bonchev–Trinajstić information content (AvgIpc) is 2.59. The predicted octanol–water partition coefficient (Wildman–Crippen LogP) is 3.78. The van der Waals surface area contributed by atoms with Gasteiger partial charge in [0.2, 0.25) is 5.91 Å². The molecule has 0 atom stereocenters. The Bertz CT molecular complexity index is 659. The topological polar surface area (TPSA) is 55.6 Å². The van der Waals surface area contributed by atoms with Crippen molar-refractivity contribution in [3.8, 4) is 5.75 Å². The number of aryl methyl sites for hydroxylation is 1. The van der Waals surface area contributed by atoms with Crippen LogP contribution in [0.25, 0.3) is 0 Å². The number of anilines is 1. The lowest BCUT2D eigenvalue weighted by molar-refractivity contribution is -0.129. The fourth-order valence-corrected chi connectivity index (χ4v) is 2.47. The second kappa shape index (κ2) is 9.18. The molecular formula is C19H23ClN2O2. The monoisotopic (exact) mass is 346 g/mol. The van der Waals surface area contributed by atoms with Crippen LogP contribution < -0.4 is 10.5 Å². The van der Waals surface area contributed by atoms with Gasteiger partial charge in [0.1, 0.15) is 5.75 Å². The Morgan fingerprint density at radius 3 is 2.58 bits per heavy atom. The van der Waals surface area contributed by atoms with E-state index in [4.69, 9.17) is 22.1 Å². The number of carbonyl (C=O) groups excluding carboxylic acids is 1. The highest BCUT2D eigenvalue weighted by molar-refractivity contribution is 6.30. The van der Waals surface area contributed by atoms with Crippen LogP contribution in [0.15, 0.2) is 48.5 Å². The van der Waals surface area contributed by atoms with Gasteiger partial charge in [-0.1, -0.05) is 29.8 Å². The van der Waals surface area contributed by atoms with Gasteiger partial charge in [-0.05, 0) is 48.7 Å². The lowest BCUT2D eigenvalue weighted by Gasteiger charge is -2.17. The SMILES string of the molecule is CN(CCCOc1ccc(Cl)cc1)C(=O)CCc1ccccc1N. The zero-order chi connectivity index (χ0) is 17.4. The first kappa shape index (κ1) is 18.1. The van der Waals surface area contributed by atoms with Crippen molar-refractivity contribution in [1.82, 2.24) is 4.90 Å². The summed E-state index contributed by atoms with van der Waals surface area (Å²) in [4.78, 5) is 13.9. The number of nitrogen functional groups attached to an aromatic ring is 1. The number of nitrogens with two attached hydrogens (primary N) is 1. The second-order valence-corrected chi connectivity index (χ2v) is 6.11. The summed E-state index contributed by atoms with van der Waals surface area (Å²) in [5, 5.41) is 0.687. The second-order valence-electron chi connectivity index (χ2n) is 5.67. The van der Waals surface area contributed by atoms with E-state index < -0.39 is 0 Å². The summed E-state index contributed by atoms with van der Waals surface area (Å²) in [7, 11) is 1.82. The number of hydrogen-bond acceptors (Lipinski definition) is 3. The van der Waals surface area contributed by atoms with E-state index in [0.29, 0.717) is 31.0 Å². The van der Waals surface area contributed by atoms with Crippen molar-refractivity contribution in [2.24, 2.45) is 0 Å². The highest BCUT2D eigenvalue weighted by Crippen LogP contribution is 2.16. The van der Waals surface area contributed by atoms with Gasteiger partial charge in [0.25, 0.3) is 0 Å². The Morgan fingerprint density at radius 1 is 1.17 bits per heavy atom. The van der Waals surface area contributed by atoms with E-state index in [-0.39, 0.29) is 5.91 Å². The number of carbonyl (C=O) groups is 1. The van der Waals surface area contributed by atoms with Gasteiger partial charge in [-0.25, -0.2) is 0 Å². The third-order valence-corrected chi connectivity index (χ3v) is 4.06. The minimum Gasteiger partial charge on any atom is -0.494 e. The van der Waals surface area contributed by atoms with Crippen LogP contribution in [-0.4, -0.2) is 31.0 Å². The summed E-state index contributed by atoms with van der Waals surface area (Å²) >= 11 is 5.83. The van der Waals surface area contributed by atoms with Gasteiger partial charge in [0.05, 0.1) is 6.61 Å². The van der Waals surface area contributed by atoms with Crippen molar-refractivity contribution >= 4 is 23.2 Å². The summed E-state index contributed by atoms with van der Waals surface area (Å²) in [6.07, 6.45) is 1.90. The van der Waals surface area contributed by atoms with E-state index >= 15 is 0 Å². The maximum atomic E-state index is 12.2. The maximum absolute atomic E-state index is 12.2. The van der Waals surface area contributed by atoms with E-state index in [9.17, 15) is 4.79 Å². The molecule has 0 fully saturated rings. The summed E-state index contributed by atoms with van der Waals surface area (Å²) in [6, 6.07) is 14.9. The smallest absolute Gasteiger partial charge is 0.222 e. The number of rotatable bonds is 8. The molecule has 0 aliphatic carbocycles. The first-order chi connectivity index (χ1) is 11.6. The molecule has 2 N–H and O–H groups in total. The molecule has 0 radical (unpaired) electrons. The van der Waals surface area contributed by atoms with Crippen LogP contribution in [0.4, 0.5) is 5.69 Å². The summed E-state index contributed by atoms with van der Waals surface area (Å²) in [5.74, 6) is 0.901. The maximum Gasteiger partial charge on any atom is 0.222 e. The number of amides is 1. The van der Waals surface area contributed by atoms with E-state index in [1.165, 1.54) is 0 Å². The lowest BCUT2D eigenvalue weighted by Crippen LogP contribution is -2.28. The van der Waals surface area contributed by atoms with Crippen molar-refractivity contribution in [1.29, 1.82) is 0 Å². The molecular weight excluding hydrogens is 324 g/mol. The van der Waals surface area contributed by atoms with Crippen LogP contribution in [0.2, 0.25) is 5.02 Å². The number of halogens is 1. The van der Waals surface area contributed by atoms with Gasteiger partial charge in [0.15, 0.2) is 0 Å². The molecule has 0 aliphatic rings. The molecule has 2 aromatic carbocycles. The average molecular weight is 347 g/mol. The number of benzene rings is 2. The van der Waals surface area contributed by atoms with Gasteiger partial charge in [-0.15, -0.1) is 0 Å². The molecule has 0 spiro atoms. The number of nitrogens with zero attached hydrogens (tertiary/aromatic N) is 1. The van der Waals surface area contributed by atoms with Crippen LogP contribution in [-0.2, 0) is 11.2 Å². The minimum atomic E-state index is 0.116.